The van der Waals surface area contributed by atoms with Crippen molar-refractivity contribution in [1.29, 1.82) is 0 Å². The molecule has 2 amide bonds. The van der Waals surface area contributed by atoms with Crippen LogP contribution < -0.4 is 10.6 Å². The van der Waals surface area contributed by atoms with Crippen molar-refractivity contribution in [3.63, 3.8) is 0 Å². The van der Waals surface area contributed by atoms with Crippen LogP contribution in [-0.4, -0.2) is 31.6 Å². The first-order valence-electron chi connectivity index (χ1n) is 11.1. The highest BCUT2D eigenvalue weighted by Gasteiger charge is 2.29. The van der Waals surface area contributed by atoms with Crippen molar-refractivity contribution in [3.8, 4) is 5.82 Å². The zero-order chi connectivity index (χ0) is 22.9. The van der Waals surface area contributed by atoms with E-state index < -0.39 is 0 Å². The van der Waals surface area contributed by atoms with E-state index in [1.54, 1.807) is 42.1 Å². The summed E-state index contributed by atoms with van der Waals surface area (Å²) in [5.41, 5.74) is 4.00. The number of carbonyl (C=O) groups is 2. The van der Waals surface area contributed by atoms with Gasteiger partial charge in [-0.1, -0.05) is 19.1 Å². The lowest BCUT2D eigenvalue weighted by Crippen LogP contribution is -2.14. The van der Waals surface area contributed by atoms with Gasteiger partial charge in [0.2, 0.25) is 5.91 Å². The van der Waals surface area contributed by atoms with Crippen LogP contribution in [0.5, 0.6) is 0 Å². The van der Waals surface area contributed by atoms with E-state index in [9.17, 15) is 9.59 Å². The van der Waals surface area contributed by atoms with Crippen LogP contribution in [0.2, 0.25) is 0 Å². The van der Waals surface area contributed by atoms with Gasteiger partial charge in [0.15, 0.2) is 11.5 Å². The predicted octanol–water partition coefficient (Wildman–Crippen LogP) is 4.60. The van der Waals surface area contributed by atoms with Crippen LogP contribution in [-0.2, 0) is 4.79 Å². The maximum absolute atomic E-state index is 13.4. The molecule has 0 bridgehead atoms. The van der Waals surface area contributed by atoms with Gasteiger partial charge in [0.25, 0.3) is 5.91 Å². The van der Waals surface area contributed by atoms with E-state index in [2.05, 4.69) is 20.7 Å². The minimum Gasteiger partial charge on any atom is -0.326 e. The van der Waals surface area contributed by atoms with Crippen LogP contribution in [0.3, 0.4) is 0 Å². The van der Waals surface area contributed by atoms with Crippen LogP contribution in [0, 0.1) is 6.92 Å². The Balaban J connectivity index is 1.55. The molecule has 3 heterocycles. The minimum absolute atomic E-state index is 0.0824. The van der Waals surface area contributed by atoms with Gasteiger partial charge in [-0.25, -0.2) is 9.97 Å². The number of rotatable bonds is 6. The molecule has 1 aromatic carbocycles. The Bertz CT molecular complexity index is 1360. The van der Waals surface area contributed by atoms with E-state index in [4.69, 9.17) is 4.98 Å². The third kappa shape index (κ3) is 4.19. The lowest BCUT2D eigenvalue weighted by Gasteiger charge is -2.11. The number of aryl methyl sites for hydroxylation is 1. The zero-order valence-electron chi connectivity index (χ0n) is 18.5. The molecule has 0 aliphatic heterocycles. The van der Waals surface area contributed by atoms with Crippen LogP contribution in [0.15, 0.2) is 54.7 Å². The van der Waals surface area contributed by atoms with Crippen molar-refractivity contribution in [2.24, 2.45) is 0 Å². The lowest BCUT2D eigenvalue weighted by molar-refractivity contribution is -0.115. The maximum atomic E-state index is 13.4. The molecule has 1 fully saturated rings. The standard InChI is InChI=1S/C25H24N6O2/c1-3-22(32)27-17-7-6-8-18(13-17)28-25(33)19-14-20(16-10-11-16)29-24-23(19)15(2)30-31(24)21-9-4-5-12-26-21/h4-9,12-14,16H,3,10-11H2,1-2H3,(H,27,32)(H,28,33). The zero-order valence-corrected chi connectivity index (χ0v) is 18.5. The quantitative estimate of drug-likeness (QED) is 0.456. The van der Waals surface area contributed by atoms with Gasteiger partial charge in [-0.05, 0) is 56.2 Å². The average Bonchev–Trinajstić information content (AvgIpc) is 3.63. The summed E-state index contributed by atoms with van der Waals surface area (Å²) < 4.78 is 1.70. The second-order valence-electron chi connectivity index (χ2n) is 8.19. The molecule has 5 rings (SSSR count). The molecule has 0 radical (unpaired) electrons. The van der Waals surface area contributed by atoms with Crippen molar-refractivity contribution in [2.45, 2.75) is 39.0 Å². The summed E-state index contributed by atoms with van der Waals surface area (Å²) in [6, 6.07) is 14.6. The summed E-state index contributed by atoms with van der Waals surface area (Å²) in [6.45, 7) is 3.67. The number of hydrogen-bond donors (Lipinski definition) is 2. The Hall–Kier alpha value is -4.07. The van der Waals surface area contributed by atoms with Gasteiger partial charge in [0, 0.05) is 35.6 Å². The minimum atomic E-state index is -0.244. The molecule has 3 aromatic heterocycles. The molecule has 0 atom stereocenters. The molecule has 1 aliphatic rings. The fourth-order valence-electron chi connectivity index (χ4n) is 3.84. The molecular formula is C25H24N6O2. The second-order valence-corrected chi connectivity index (χ2v) is 8.19. The van der Waals surface area contributed by atoms with Crippen molar-refractivity contribution in [3.05, 3.63) is 71.7 Å². The van der Waals surface area contributed by atoms with Gasteiger partial charge in [0.1, 0.15) is 0 Å². The second kappa shape index (κ2) is 8.46. The number of carbonyl (C=O) groups excluding carboxylic acids is 2. The van der Waals surface area contributed by atoms with Gasteiger partial charge in [0.05, 0.1) is 16.6 Å². The summed E-state index contributed by atoms with van der Waals surface area (Å²) in [6.07, 6.45) is 4.22. The fraction of sp³-hybridized carbons (Fsp3) is 0.240. The Labute approximate surface area is 191 Å². The Kier molecular flexibility index (Phi) is 5.34. The average molecular weight is 441 g/mol. The van der Waals surface area contributed by atoms with Crippen molar-refractivity contribution in [2.75, 3.05) is 10.6 Å². The first kappa shape index (κ1) is 20.8. The lowest BCUT2D eigenvalue weighted by atomic mass is 10.1. The Morgan fingerprint density at radius 2 is 1.85 bits per heavy atom. The molecule has 2 N–H and O–H groups in total. The number of nitrogens with zero attached hydrogens (tertiary/aromatic N) is 4. The first-order chi connectivity index (χ1) is 16.0. The molecular weight excluding hydrogens is 416 g/mol. The largest absolute Gasteiger partial charge is 0.326 e. The number of pyridine rings is 2. The summed E-state index contributed by atoms with van der Waals surface area (Å²) in [7, 11) is 0. The number of amides is 2. The van der Waals surface area contributed by atoms with E-state index in [0.29, 0.717) is 51.8 Å². The van der Waals surface area contributed by atoms with Crippen molar-refractivity contribution >= 4 is 34.2 Å². The van der Waals surface area contributed by atoms with E-state index in [1.165, 1.54) is 0 Å². The van der Waals surface area contributed by atoms with Gasteiger partial charge < -0.3 is 10.6 Å². The molecule has 166 valence electrons. The number of fused-ring (bicyclic) bond motifs is 1. The van der Waals surface area contributed by atoms with E-state index in [-0.39, 0.29) is 11.8 Å². The highest BCUT2D eigenvalue weighted by Crippen LogP contribution is 2.40. The van der Waals surface area contributed by atoms with Gasteiger partial charge in [-0.2, -0.15) is 9.78 Å². The highest BCUT2D eigenvalue weighted by molar-refractivity contribution is 6.13. The van der Waals surface area contributed by atoms with Crippen LogP contribution >= 0.6 is 0 Å². The topological polar surface area (TPSA) is 102 Å². The smallest absolute Gasteiger partial charge is 0.256 e. The maximum Gasteiger partial charge on any atom is 0.256 e. The fourth-order valence-corrected chi connectivity index (χ4v) is 3.84. The molecule has 1 aliphatic carbocycles. The summed E-state index contributed by atoms with van der Waals surface area (Å²) in [4.78, 5) is 34.4. The van der Waals surface area contributed by atoms with E-state index in [0.717, 1.165) is 18.5 Å². The molecule has 1 saturated carbocycles. The van der Waals surface area contributed by atoms with Crippen molar-refractivity contribution < 1.29 is 9.59 Å². The summed E-state index contributed by atoms with van der Waals surface area (Å²) in [5.74, 6) is 0.690. The van der Waals surface area contributed by atoms with Gasteiger partial charge in [-0.3, -0.25) is 9.59 Å². The molecule has 0 unspecified atom stereocenters. The van der Waals surface area contributed by atoms with Crippen molar-refractivity contribution in [1.82, 2.24) is 19.7 Å². The van der Waals surface area contributed by atoms with Crippen LogP contribution in [0.25, 0.3) is 16.9 Å². The van der Waals surface area contributed by atoms with Gasteiger partial charge in [-0.15, -0.1) is 0 Å². The van der Waals surface area contributed by atoms with Crippen LogP contribution in [0.1, 0.15) is 53.8 Å². The SMILES string of the molecule is CCC(=O)Nc1cccc(NC(=O)c2cc(C3CC3)nc3c2c(C)nn3-c2ccccn2)c1. The predicted molar refractivity (Wildman–Crippen MR) is 127 cm³/mol. The van der Waals surface area contributed by atoms with Gasteiger partial charge >= 0.3 is 0 Å². The summed E-state index contributed by atoms with van der Waals surface area (Å²) >= 11 is 0. The Morgan fingerprint density at radius 3 is 2.55 bits per heavy atom. The molecule has 4 aromatic rings. The number of nitrogens with one attached hydrogen (secondary N) is 2. The van der Waals surface area contributed by atoms with E-state index >= 15 is 0 Å². The normalized spacial score (nSPS) is 13.2. The molecule has 0 spiro atoms. The molecule has 33 heavy (non-hydrogen) atoms. The number of benzene rings is 1. The Morgan fingerprint density at radius 1 is 1.06 bits per heavy atom. The molecule has 0 saturated heterocycles. The molecule has 8 heteroatoms. The van der Waals surface area contributed by atoms with E-state index in [1.807, 2.05) is 31.2 Å². The third-order valence-electron chi connectivity index (χ3n) is 5.66. The number of hydrogen-bond acceptors (Lipinski definition) is 5. The number of anilines is 2. The first-order valence-corrected chi connectivity index (χ1v) is 11.1. The monoisotopic (exact) mass is 440 g/mol. The summed E-state index contributed by atoms with van der Waals surface area (Å²) in [5, 5.41) is 11.1. The number of aromatic nitrogens is 4. The molecule has 8 nitrogen and oxygen atoms in total. The van der Waals surface area contributed by atoms with Crippen LogP contribution in [0.4, 0.5) is 11.4 Å². The highest BCUT2D eigenvalue weighted by atomic mass is 16.2. The third-order valence-corrected chi connectivity index (χ3v) is 5.66.